The van der Waals surface area contributed by atoms with Crippen LogP contribution < -0.4 is 10.1 Å². The van der Waals surface area contributed by atoms with E-state index in [1.807, 2.05) is 26.0 Å². The smallest absolute Gasteiger partial charge is 0.320 e. The average Bonchev–Trinajstić information content (AvgIpc) is 2.35. The molecular formula is C13H20N2O3. The number of nitrogens with one attached hydrogen (secondary N) is 1. The molecule has 1 rings (SSSR count). The van der Waals surface area contributed by atoms with Crippen molar-refractivity contribution in [1.29, 1.82) is 0 Å². The second-order valence-corrected chi connectivity index (χ2v) is 3.96. The maximum absolute atomic E-state index is 11.0. The molecular weight excluding hydrogens is 232 g/mol. The summed E-state index contributed by atoms with van der Waals surface area (Å²) < 4.78 is 5.29. The minimum Gasteiger partial charge on any atom is -0.480 e. The molecule has 0 saturated heterocycles. The molecule has 0 amide bonds. The zero-order valence-electron chi connectivity index (χ0n) is 10.8. The Morgan fingerprint density at radius 2 is 2.28 bits per heavy atom. The quantitative estimate of drug-likeness (QED) is 0.738. The van der Waals surface area contributed by atoms with Crippen molar-refractivity contribution in [3.8, 4) is 5.88 Å². The molecule has 0 fully saturated rings. The Bertz CT molecular complexity index is 382. The third-order valence-electron chi connectivity index (χ3n) is 2.48. The Labute approximate surface area is 107 Å². The number of carboxylic acids is 1. The zero-order chi connectivity index (χ0) is 13.4. The first-order valence-corrected chi connectivity index (χ1v) is 6.22. The third-order valence-corrected chi connectivity index (χ3v) is 2.48. The lowest BCUT2D eigenvalue weighted by Gasteiger charge is -2.13. The fraction of sp³-hybridized carbons (Fsp3) is 0.538. The molecule has 0 bridgehead atoms. The summed E-state index contributed by atoms with van der Waals surface area (Å²) in [6.07, 6.45) is 1.44. The molecule has 5 nitrogen and oxygen atoms in total. The summed E-state index contributed by atoms with van der Waals surface area (Å²) in [5.74, 6) is -0.253. The van der Waals surface area contributed by atoms with E-state index < -0.39 is 12.0 Å². The van der Waals surface area contributed by atoms with E-state index in [0.29, 0.717) is 25.5 Å². The lowest BCUT2D eigenvalue weighted by Crippen LogP contribution is -2.36. The van der Waals surface area contributed by atoms with E-state index in [-0.39, 0.29) is 0 Å². The minimum atomic E-state index is -0.821. The van der Waals surface area contributed by atoms with Crippen molar-refractivity contribution in [2.45, 2.75) is 39.3 Å². The number of nitrogens with zero attached hydrogens (tertiary/aromatic N) is 1. The van der Waals surface area contributed by atoms with Crippen molar-refractivity contribution in [3.05, 3.63) is 23.9 Å². The highest BCUT2D eigenvalue weighted by atomic mass is 16.5. The monoisotopic (exact) mass is 252 g/mol. The molecule has 18 heavy (non-hydrogen) atoms. The van der Waals surface area contributed by atoms with Crippen LogP contribution in [0, 0.1) is 0 Å². The molecule has 2 N–H and O–H groups in total. The average molecular weight is 252 g/mol. The van der Waals surface area contributed by atoms with Crippen molar-refractivity contribution in [2.24, 2.45) is 0 Å². The predicted octanol–water partition coefficient (Wildman–Crippen LogP) is 1.82. The number of aliphatic carboxylic acids is 1. The Morgan fingerprint density at radius 3 is 2.89 bits per heavy atom. The number of rotatable bonds is 8. The second-order valence-electron chi connectivity index (χ2n) is 3.96. The van der Waals surface area contributed by atoms with Gasteiger partial charge in [-0.1, -0.05) is 19.4 Å². The van der Waals surface area contributed by atoms with Gasteiger partial charge in [0.05, 0.1) is 12.3 Å². The molecule has 0 radical (unpaired) electrons. The van der Waals surface area contributed by atoms with Gasteiger partial charge in [-0.3, -0.25) is 10.1 Å². The van der Waals surface area contributed by atoms with Gasteiger partial charge in [0.25, 0.3) is 0 Å². The molecule has 5 heteroatoms. The van der Waals surface area contributed by atoms with Crippen LogP contribution in [0.2, 0.25) is 0 Å². The summed E-state index contributed by atoms with van der Waals surface area (Å²) in [7, 11) is 0. The number of aromatic nitrogens is 1. The molecule has 0 aromatic carbocycles. The van der Waals surface area contributed by atoms with E-state index in [9.17, 15) is 4.79 Å². The summed E-state index contributed by atoms with van der Waals surface area (Å²) in [5, 5.41) is 12.0. The van der Waals surface area contributed by atoms with Gasteiger partial charge in [-0.05, 0) is 19.4 Å². The zero-order valence-corrected chi connectivity index (χ0v) is 10.8. The van der Waals surface area contributed by atoms with Crippen LogP contribution in [0.25, 0.3) is 0 Å². The van der Waals surface area contributed by atoms with Crippen molar-refractivity contribution < 1.29 is 14.6 Å². The summed E-state index contributed by atoms with van der Waals surface area (Å²) in [6.45, 7) is 4.86. The van der Waals surface area contributed by atoms with Crippen LogP contribution in [0.3, 0.4) is 0 Å². The first-order valence-electron chi connectivity index (χ1n) is 6.22. The second kappa shape index (κ2) is 7.66. The molecule has 0 aliphatic rings. The topological polar surface area (TPSA) is 71.5 Å². The van der Waals surface area contributed by atoms with Crippen LogP contribution in [-0.2, 0) is 11.3 Å². The SMILES string of the molecule is CCCC(NCc1cccc(OCC)n1)C(=O)O. The maximum atomic E-state index is 11.0. The normalized spacial score (nSPS) is 12.1. The van der Waals surface area contributed by atoms with Gasteiger partial charge in [-0.25, -0.2) is 4.98 Å². The molecule has 0 saturated carbocycles. The third kappa shape index (κ3) is 4.71. The van der Waals surface area contributed by atoms with Gasteiger partial charge in [0.2, 0.25) is 5.88 Å². The van der Waals surface area contributed by atoms with E-state index in [1.165, 1.54) is 0 Å². The lowest BCUT2D eigenvalue weighted by atomic mass is 10.1. The van der Waals surface area contributed by atoms with Gasteiger partial charge in [0.15, 0.2) is 0 Å². The number of carbonyl (C=O) groups is 1. The number of pyridine rings is 1. The van der Waals surface area contributed by atoms with Crippen molar-refractivity contribution in [1.82, 2.24) is 10.3 Å². The van der Waals surface area contributed by atoms with Gasteiger partial charge in [-0.15, -0.1) is 0 Å². The predicted molar refractivity (Wildman–Crippen MR) is 68.6 cm³/mol. The first-order chi connectivity index (χ1) is 8.67. The molecule has 0 aliphatic carbocycles. The van der Waals surface area contributed by atoms with E-state index in [0.717, 1.165) is 12.1 Å². The largest absolute Gasteiger partial charge is 0.480 e. The fourth-order valence-electron chi connectivity index (χ4n) is 1.61. The van der Waals surface area contributed by atoms with E-state index in [4.69, 9.17) is 9.84 Å². The molecule has 1 unspecified atom stereocenters. The van der Waals surface area contributed by atoms with Gasteiger partial charge < -0.3 is 9.84 Å². The molecule has 1 aromatic heterocycles. The van der Waals surface area contributed by atoms with Crippen LogP contribution in [0.1, 0.15) is 32.4 Å². The van der Waals surface area contributed by atoms with Crippen molar-refractivity contribution in [3.63, 3.8) is 0 Å². The highest BCUT2D eigenvalue weighted by Crippen LogP contribution is 2.08. The van der Waals surface area contributed by atoms with Gasteiger partial charge in [0, 0.05) is 12.6 Å². The van der Waals surface area contributed by atoms with Gasteiger partial charge in [-0.2, -0.15) is 0 Å². The number of hydrogen-bond donors (Lipinski definition) is 2. The fourth-order valence-corrected chi connectivity index (χ4v) is 1.61. The first kappa shape index (κ1) is 14.4. The van der Waals surface area contributed by atoms with E-state index >= 15 is 0 Å². The van der Waals surface area contributed by atoms with E-state index in [2.05, 4.69) is 10.3 Å². The van der Waals surface area contributed by atoms with Crippen molar-refractivity contribution >= 4 is 5.97 Å². The van der Waals surface area contributed by atoms with E-state index in [1.54, 1.807) is 6.07 Å². The Morgan fingerprint density at radius 1 is 1.50 bits per heavy atom. The molecule has 0 aliphatic heterocycles. The molecule has 100 valence electrons. The minimum absolute atomic E-state index is 0.428. The van der Waals surface area contributed by atoms with Crippen molar-refractivity contribution in [2.75, 3.05) is 6.61 Å². The highest BCUT2D eigenvalue weighted by Gasteiger charge is 2.15. The van der Waals surface area contributed by atoms with Crippen LogP contribution in [0.15, 0.2) is 18.2 Å². The summed E-state index contributed by atoms with van der Waals surface area (Å²) in [5.41, 5.74) is 0.781. The molecule has 1 heterocycles. The number of hydrogen-bond acceptors (Lipinski definition) is 4. The molecule has 1 aromatic rings. The summed E-state index contributed by atoms with van der Waals surface area (Å²) >= 11 is 0. The van der Waals surface area contributed by atoms with Crippen LogP contribution in [0.5, 0.6) is 5.88 Å². The summed E-state index contributed by atoms with van der Waals surface area (Å²) in [6, 6.07) is 4.96. The highest BCUT2D eigenvalue weighted by molar-refractivity contribution is 5.73. The maximum Gasteiger partial charge on any atom is 0.320 e. The number of carboxylic acid groups (broad SMARTS) is 1. The standard InChI is InChI=1S/C13H20N2O3/c1-3-6-11(13(16)17)14-9-10-7-5-8-12(15-10)18-4-2/h5,7-8,11,14H,3-4,6,9H2,1-2H3,(H,16,17). The van der Waals surface area contributed by atoms with Crippen LogP contribution >= 0.6 is 0 Å². The van der Waals surface area contributed by atoms with Gasteiger partial charge in [0.1, 0.15) is 6.04 Å². The lowest BCUT2D eigenvalue weighted by molar-refractivity contribution is -0.139. The number of ether oxygens (including phenoxy) is 1. The van der Waals surface area contributed by atoms with Gasteiger partial charge >= 0.3 is 5.97 Å². The molecule has 0 spiro atoms. The van der Waals surface area contributed by atoms with Crippen LogP contribution in [-0.4, -0.2) is 28.7 Å². The molecule has 1 atom stereocenters. The van der Waals surface area contributed by atoms with Crippen LogP contribution in [0.4, 0.5) is 0 Å². The Kier molecular flexibility index (Phi) is 6.14. The summed E-state index contributed by atoms with van der Waals surface area (Å²) in [4.78, 5) is 15.2. The Balaban J connectivity index is 2.55. The Hall–Kier alpha value is -1.62.